The molecule has 5 atom stereocenters. The molecule has 2 aliphatic carbocycles. The molecule has 3 nitrogen and oxygen atoms in total. The van der Waals surface area contributed by atoms with E-state index in [9.17, 15) is 4.79 Å². The molecule has 0 aromatic heterocycles. The minimum atomic E-state index is 0.392. The summed E-state index contributed by atoms with van der Waals surface area (Å²) in [4.78, 5) is 15.1. The van der Waals surface area contributed by atoms with E-state index in [1.807, 2.05) is 0 Å². The fraction of sp³-hybridized carbons (Fsp3) is 0.933. The van der Waals surface area contributed by atoms with Crippen LogP contribution in [0.25, 0.3) is 0 Å². The molecule has 4 rings (SSSR count). The van der Waals surface area contributed by atoms with Gasteiger partial charge in [-0.15, -0.1) is 0 Å². The third-order valence-corrected chi connectivity index (χ3v) is 6.02. The van der Waals surface area contributed by atoms with E-state index < -0.39 is 0 Å². The van der Waals surface area contributed by atoms with Gasteiger partial charge in [-0.25, -0.2) is 0 Å². The van der Waals surface area contributed by atoms with Gasteiger partial charge < -0.3 is 10.2 Å². The van der Waals surface area contributed by atoms with Crippen molar-refractivity contribution in [3.8, 4) is 0 Å². The number of nitrogens with one attached hydrogen (secondary N) is 1. The van der Waals surface area contributed by atoms with E-state index in [4.69, 9.17) is 0 Å². The molecule has 2 aliphatic heterocycles. The van der Waals surface area contributed by atoms with Gasteiger partial charge in [-0.1, -0.05) is 6.42 Å². The van der Waals surface area contributed by atoms with Crippen LogP contribution in [0.4, 0.5) is 0 Å². The first-order valence-corrected chi connectivity index (χ1v) is 7.84. The highest BCUT2D eigenvalue weighted by Gasteiger charge is 2.47. The molecule has 1 amide bonds. The molecule has 5 unspecified atom stereocenters. The number of rotatable bonds is 1. The molecular formula is C15H24N2O. The van der Waals surface area contributed by atoms with Crippen molar-refractivity contribution in [3.05, 3.63) is 0 Å². The van der Waals surface area contributed by atoms with Gasteiger partial charge in [-0.3, -0.25) is 4.79 Å². The van der Waals surface area contributed by atoms with Gasteiger partial charge in [0.25, 0.3) is 0 Å². The number of nitrogens with zero attached hydrogens (tertiary/aromatic N) is 1. The van der Waals surface area contributed by atoms with Crippen LogP contribution in [0.3, 0.4) is 0 Å². The maximum Gasteiger partial charge on any atom is 0.226 e. The summed E-state index contributed by atoms with van der Waals surface area (Å²) < 4.78 is 0. The number of piperidine rings is 1. The summed E-state index contributed by atoms with van der Waals surface area (Å²) >= 11 is 0. The summed E-state index contributed by atoms with van der Waals surface area (Å²) in [5.41, 5.74) is 0. The van der Waals surface area contributed by atoms with Gasteiger partial charge in [0.15, 0.2) is 0 Å². The highest BCUT2D eigenvalue weighted by Crippen LogP contribution is 2.49. The molecule has 4 fully saturated rings. The van der Waals surface area contributed by atoms with Crippen molar-refractivity contribution in [2.75, 3.05) is 19.6 Å². The van der Waals surface area contributed by atoms with Crippen LogP contribution in [-0.2, 0) is 4.79 Å². The lowest BCUT2D eigenvalue weighted by atomic mass is 9.85. The Labute approximate surface area is 109 Å². The van der Waals surface area contributed by atoms with Crippen molar-refractivity contribution in [2.24, 2.45) is 23.7 Å². The molecule has 18 heavy (non-hydrogen) atoms. The average molecular weight is 248 g/mol. The Morgan fingerprint density at radius 2 is 2.00 bits per heavy atom. The van der Waals surface area contributed by atoms with Crippen molar-refractivity contribution in [1.82, 2.24) is 10.2 Å². The molecule has 0 radical (unpaired) electrons. The van der Waals surface area contributed by atoms with E-state index in [1.165, 1.54) is 38.5 Å². The fourth-order valence-electron chi connectivity index (χ4n) is 5.10. The van der Waals surface area contributed by atoms with E-state index in [-0.39, 0.29) is 0 Å². The van der Waals surface area contributed by atoms with Crippen LogP contribution in [0.2, 0.25) is 0 Å². The standard InChI is InChI=1S/C15H24N2O/c18-15(13-7-10-3-4-11(13)6-10)17-5-1-2-12-8-16-9-14(12)17/h10-14,16H,1-9H2. The van der Waals surface area contributed by atoms with E-state index in [1.54, 1.807) is 0 Å². The molecule has 0 aromatic carbocycles. The predicted molar refractivity (Wildman–Crippen MR) is 70.0 cm³/mol. The fourth-order valence-corrected chi connectivity index (χ4v) is 5.10. The summed E-state index contributed by atoms with van der Waals surface area (Å²) in [5.74, 6) is 3.26. The largest absolute Gasteiger partial charge is 0.338 e. The zero-order valence-corrected chi connectivity index (χ0v) is 11.1. The number of amides is 1. The third-order valence-electron chi connectivity index (χ3n) is 6.02. The smallest absolute Gasteiger partial charge is 0.226 e. The highest BCUT2D eigenvalue weighted by molar-refractivity contribution is 5.80. The van der Waals surface area contributed by atoms with Gasteiger partial charge in [0, 0.05) is 31.6 Å². The van der Waals surface area contributed by atoms with E-state index in [0.29, 0.717) is 17.9 Å². The summed E-state index contributed by atoms with van der Waals surface area (Å²) in [6.45, 7) is 3.19. The van der Waals surface area contributed by atoms with E-state index in [0.717, 1.165) is 37.4 Å². The second kappa shape index (κ2) is 4.22. The molecule has 2 saturated carbocycles. The van der Waals surface area contributed by atoms with Gasteiger partial charge in [-0.05, 0) is 49.9 Å². The zero-order chi connectivity index (χ0) is 12.1. The number of fused-ring (bicyclic) bond motifs is 3. The van der Waals surface area contributed by atoms with Gasteiger partial charge in [-0.2, -0.15) is 0 Å². The molecule has 3 heteroatoms. The van der Waals surface area contributed by atoms with Crippen LogP contribution in [0.5, 0.6) is 0 Å². The first-order chi connectivity index (χ1) is 8.83. The van der Waals surface area contributed by atoms with Crippen LogP contribution in [0.1, 0.15) is 38.5 Å². The maximum atomic E-state index is 12.8. The number of likely N-dealkylation sites (tertiary alicyclic amines) is 1. The van der Waals surface area contributed by atoms with Crippen LogP contribution in [-0.4, -0.2) is 36.5 Å². The van der Waals surface area contributed by atoms with E-state index in [2.05, 4.69) is 10.2 Å². The van der Waals surface area contributed by atoms with Crippen molar-refractivity contribution in [1.29, 1.82) is 0 Å². The second-order valence-corrected chi connectivity index (χ2v) is 6.94. The van der Waals surface area contributed by atoms with Crippen molar-refractivity contribution in [3.63, 3.8) is 0 Å². The van der Waals surface area contributed by atoms with Gasteiger partial charge in [0.2, 0.25) is 5.91 Å². The van der Waals surface area contributed by atoms with Crippen LogP contribution < -0.4 is 5.32 Å². The van der Waals surface area contributed by atoms with Crippen molar-refractivity contribution < 1.29 is 4.79 Å². The van der Waals surface area contributed by atoms with E-state index >= 15 is 0 Å². The molecule has 0 aromatic rings. The van der Waals surface area contributed by atoms with Crippen molar-refractivity contribution >= 4 is 5.91 Å². The Morgan fingerprint density at radius 1 is 1.06 bits per heavy atom. The minimum absolute atomic E-state index is 0.392. The lowest BCUT2D eigenvalue weighted by molar-refractivity contribution is -0.141. The number of carbonyl (C=O) groups is 1. The number of hydrogen-bond acceptors (Lipinski definition) is 2. The number of hydrogen-bond donors (Lipinski definition) is 1. The summed E-state index contributed by atoms with van der Waals surface area (Å²) in [6.07, 6.45) is 7.79. The van der Waals surface area contributed by atoms with Gasteiger partial charge in [0.1, 0.15) is 0 Å². The lowest BCUT2D eigenvalue weighted by Crippen LogP contribution is -2.51. The summed E-state index contributed by atoms with van der Waals surface area (Å²) in [5, 5.41) is 3.48. The molecule has 0 spiro atoms. The maximum absolute atomic E-state index is 12.8. The first-order valence-electron chi connectivity index (χ1n) is 7.84. The Hall–Kier alpha value is -0.570. The Kier molecular flexibility index (Phi) is 2.65. The first kappa shape index (κ1) is 11.3. The van der Waals surface area contributed by atoms with Crippen LogP contribution in [0.15, 0.2) is 0 Å². The highest BCUT2D eigenvalue weighted by atomic mass is 16.2. The molecule has 100 valence electrons. The molecule has 1 N–H and O–H groups in total. The predicted octanol–water partition coefficient (Wildman–Crippen LogP) is 1.63. The molecule has 4 aliphatic rings. The Bertz CT molecular complexity index is 356. The van der Waals surface area contributed by atoms with Gasteiger partial charge >= 0.3 is 0 Å². The SMILES string of the molecule is O=C(C1CC2CCC1C2)N1CCCC2CNCC21. The monoisotopic (exact) mass is 248 g/mol. The third kappa shape index (κ3) is 1.63. The van der Waals surface area contributed by atoms with Gasteiger partial charge in [0.05, 0.1) is 0 Å². The second-order valence-electron chi connectivity index (χ2n) is 6.94. The normalized spacial score (nSPS) is 46.4. The Balaban J connectivity index is 1.50. The number of carbonyl (C=O) groups excluding carboxylic acids is 1. The average Bonchev–Trinajstić information content (AvgIpc) is 3.12. The Morgan fingerprint density at radius 3 is 2.78 bits per heavy atom. The topological polar surface area (TPSA) is 32.3 Å². The minimum Gasteiger partial charge on any atom is -0.338 e. The lowest BCUT2D eigenvalue weighted by Gasteiger charge is -2.39. The molecule has 2 bridgehead atoms. The van der Waals surface area contributed by atoms with Crippen LogP contribution >= 0.6 is 0 Å². The van der Waals surface area contributed by atoms with Crippen LogP contribution in [0, 0.1) is 23.7 Å². The quantitative estimate of drug-likeness (QED) is 0.765. The zero-order valence-electron chi connectivity index (χ0n) is 11.1. The summed E-state index contributed by atoms with van der Waals surface area (Å²) in [7, 11) is 0. The molecule has 2 heterocycles. The molecule has 2 saturated heterocycles. The summed E-state index contributed by atoms with van der Waals surface area (Å²) in [6, 6.07) is 0.519. The van der Waals surface area contributed by atoms with Crippen molar-refractivity contribution in [2.45, 2.75) is 44.6 Å². The molecular weight excluding hydrogens is 224 g/mol.